The molecule has 0 amide bonds. The van der Waals surface area contributed by atoms with Crippen molar-refractivity contribution in [2.75, 3.05) is 14.1 Å². The Balaban J connectivity index is 3.25. The molecular formula is C6H10N. The van der Waals surface area contributed by atoms with Gasteiger partial charge in [0.15, 0.2) is 0 Å². The van der Waals surface area contributed by atoms with E-state index in [1.165, 1.54) is 6.08 Å². The Morgan fingerprint density at radius 2 is 2.00 bits per heavy atom. The van der Waals surface area contributed by atoms with Crippen LogP contribution in [0, 0.1) is 6.58 Å². The third-order valence-electron chi connectivity index (χ3n) is 0.495. The summed E-state index contributed by atoms with van der Waals surface area (Å²) in [6.45, 7) is 5.04. The number of rotatable bonds is 2. The van der Waals surface area contributed by atoms with Crippen LogP contribution in [0.15, 0.2) is 18.4 Å². The highest BCUT2D eigenvalue weighted by atomic mass is 15.0. The van der Waals surface area contributed by atoms with Gasteiger partial charge in [-0.1, -0.05) is 12.7 Å². The van der Waals surface area contributed by atoms with E-state index in [1.807, 2.05) is 25.2 Å². The van der Waals surface area contributed by atoms with Crippen LogP contribution >= 0.6 is 0 Å². The van der Waals surface area contributed by atoms with E-state index in [-0.39, 0.29) is 0 Å². The highest BCUT2D eigenvalue weighted by Crippen LogP contribution is 1.75. The summed E-state index contributed by atoms with van der Waals surface area (Å²) in [6.07, 6.45) is 5.15. The first kappa shape index (κ1) is 6.28. The van der Waals surface area contributed by atoms with E-state index in [9.17, 15) is 0 Å². The molecule has 0 saturated carbocycles. The van der Waals surface area contributed by atoms with Gasteiger partial charge in [0.05, 0.1) is 0 Å². The summed E-state index contributed by atoms with van der Waals surface area (Å²) < 4.78 is 0. The van der Waals surface area contributed by atoms with Crippen molar-refractivity contribution in [3.8, 4) is 0 Å². The molecule has 0 bridgehead atoms. The minimum atomic E-state index is 1.50. The second-order valence-electron chi connectivity index (χ2n) is 1.50. The van der Waals surface area contributed by atoms with Gasteiger partial charge in [0.25, 0.3) is 0 Å². The van der Waals surface area contributed by atoms with Gasteiger partial charge in [-0.2, -0.15) is 0 Å². The molecule has 0 aromatic carbocycles. The van der Waals surface area contributed by atoms with Crippen molar-refractivity contribution in [2.45, 2.75) is 0 Å². The van der Waals surface area contributed by atoms with E-state index in [1.54, 1.807) is 6.08 Å². The molecule has 0 saturated heterocycles. The lowest BCUT2D eigenvalue weighted by Gasteiger charge is -2.00. The van der Waals surface area contributed by atoms with Gasteiger partial charge in [-0.25, -0.2) is 0 Å². The maximum Gasteiger partial charge on any atom is 0.00556 e. The molecule has 0 aromatic rings. The minimum Gasteiger partial charge on any atom is -0.383 e. The van der Waals surface area contributed by atoms with Crippen LogP contribution in [0.3, 0.4) is 0 Å². The standard InChI is InChI=1S/C6H10N/c1-4-5-6-7(2)3/h1,4-6H,2-3H3/b4-1?,6-5+. The van der Waals surface area contributed by atoms with Crippen LogP contribution in [0.4, 0.5) is 0 Å². The molecule has 0 N–H and O–H groups in total. The van der Waals surface area contributed by atoms with E-state index in [2.05, 4.69) is 0 Å². The van der Waals surface area contributed by atoms with Gasteiger partial charge in [0.1, 0.15) is 0 Å². The zero-order chi connectivity index (χ0) is 5.70. The van der Waals surface area contributed by atoms with E-state index < -0.39 is 0 Å². The van der Waals surface area contributed by atoms with Gasteiger partial charge in [0, 0.05) is 14.1 Å². The molecular weight excluding hydrogens is 86.1 g/mol. The third-order valence-corrected chi connectivity index (χ3v) is 0.495. The van der Waals surface area contributed by atoms with E-state index in [0.29, 0.717) is 0 Å². The quantitative estimate of drug-likeness (QED) is 0.464. The molecule has 0 unspecified atom stereocenters. The van der Waals surface area contributed by atoms with Crippen LogP contribution in [0.5, 0.6) is 0 Å². The minimum absolute atomic E-state index is 1.50. The molecule has 0 atom stereocenters. The molecule has 0 heterocycles. The smallest absolute Gasteiger partial charge is 0.00556 e. The Bertz CT molecular complexity index is 72.2. The predicted octanol–water partition coefficient (Wildman–Crippen LogP) is 1.05. The second kappa shape index (κ2) is 3.47. The number of hydrogen-bond donors (Lipinski definition) is 0. The Morgan fingerprint density at radius 1 is 1.43 bits per heavy atom. The molecule has 0 aliphatic carbocycles. The van der Waals surface area contributed by atoms with Crippen molar-refractivity contribution in [1.82, 2.24) is 4.90 Å². The average molecular weight is 96.2 g/mol. The fourth-order valence-corrected chi connectivity index (χ4v) is 0.222. The second-order valence-corrected chi connectivity index (χ2v) is 1.50. The highest BCUT2D eigenvalue weighted by Gasteiger charge is 1.67. The first-order chi connectivity index (χ1) is 3.27. The van der Waals surface area contributed by atoms with Crippen molar-refractivity contribution in [3.05, 3.63) is 24.9 Å². The maximum atomic E-state index is 5.04. The molecule has 0 aromatic heterocycles. The number of hydrogen-bond acceptors (Lipinski definition) is 1. The van der Waals surface area contributed by atoms with Crippen LogP contribution in [-0.2, 0) is 0 Å². The van der Waals surface area contributed by atoms with Crippen LogP contribution < -0.4 is 0 Å². The van der Waals surface area contributed by atoms with Crippen LogP contribution in [0.1, 0.15) is 0 Å². The van der Waals surface area contributed by atoms with E-state index >= 15 is 0 Å². The maximum absolute atomic E-state index is 5.04. The molecule has 0 spiro atoms. The van der Waals surface area contributed by atoms with E-state index in [4.69, 9.17) is 6.58 Å². The van der Waals surface area contributed by atoms with Crippen molar-refractivity contribution in [2.24, 2.45) is 0 Å². The average Bonchev–Trinajstić information content (AvgIpc) is 1.61. The third kappa shape index (κ3) is 5.28. The van der Waals surface area contributed by atoms with Gasteiger partial charge in [0.2, 0.25) is 0 Å². The monoisotopic (exact) mass is 96.1 g/mol. The lowest BCUT2D eigenvalue weighted by molar-refractivity contribution is 0.564. The van der Waals surface area contributed by atoms with Gasteiger partial charge in [-0.05, 0) is 12.3 Å². The highest BCUT2D eigenvalue weighted by molar-refractivity contribution is 4.93. The first-order valence-corrected chi connectivity index (χ1v) is 2.15. The Kier molecular flexibility index (Phi) is 3.11. The summed E-state index contributed by atoms with van der Waals surface area (Å²) in [7, 11) is 3.89. The van der Waals surface area contributed by atoms with Crippen molar-refractivity contribution in [1.29, 1.82) is 0 Å². The summed E-state index contributed by atoms with van der Waals surface area (Å²) in [5.74, 6) is 0. The van der Waals surface area contributed by atoms with Crippen molar-refractivity contribution >= 4 is 0 Å². The molecule has 7 heavy (non-hydrogen) atoms. The lowest BCUT2D eigenvalue weighted by atomic mass is 10.6. The van der Waals surface area contributed by atoms with Crippen molar-refractivity contribution < 1.29 is 0 Å². The summed E-state index contributed by atoms with van der Waals surface area (Å²) in [5, 5.41) is 0. The van der Waals surface area contributed by atoms with Crippen LogP contribution in [0.2, 0.25) is 0 Å². The summed E-state index contributed by atoms with van der Waals surface area (Å²) >= 11 is 0. The zero-order valence-corrected chi connectivity index (χ0v) is 4.76. The zero-order valence-electron chi connectivity index (χ0n) is 4.76. The molecule has 1 radical (unpaired) electrons. The molecule has 1 nitrogen and oxygen atoms in total. The summed E-state index contributed by atoms with van der Waals surface area (Å²) in [5.41, 5.74) is 0. The normalized spacial score (nSPS) is 9.43. The summed E-state index contributed by atoms with van der Waals surface area (Å²) in [4.78, 5) is 1.92. The molecule has 0 rings (SSSR count). The molecule has 0 aliphatic heterocycles. The number of allylic oxidation sites excluding steroid dienone is 2. The summed E-state index contributed by atoms with van der Waals surface area (Å²) in [6, 6.07) is 0. The molecule has 0 aliphatic rings. The molecule has 39 valence electrons. The van der Waals surface area contributed by atoms with Gasteiger partial charge in [-0.15, -0.1) is 0 Å². The Morgan fingerprint density at radius 3 is 2.14 bits per heavy atom. The van der Waals surface area contributed by atoms with Gasteiger partial charge in [-0.3, -0.25) is 0 Å². The van der Waals surface area contributed by atoms with Crippen molar-refractivity contribution in [3.63, 3.8) is 0 Å². The van der Waals surface area contributed by atoms with Gasteiger partial charge < -0.3 is 4.90 Å². The Labute approximate surface area is 44.9 Å². The molecule has 1 heteroatoms. The first-order valence-electron chi connectivity index (χ1n) is 2.15. The predicted molar refractivity (Wildman–Crippen MR) is 31.7 cm³/mol. The lowest BCUT2D eigenvalue weighted by Crippen LogP contribution is -1.99. The molecule has 0 fully saturated rings. The van der Waals surface area contributed by atoms with Gasteiger partial charge >= 0.3 is 0 Å². The van der Waals surface area contributed by atoms with Crippen LogP contribution in [0.25, 0.3) is 0 Å². The largest absolute Gasteiger partial charge is 0.383 e. The SMILES string of the molecule is [CH]=C/C=C/N(C)C. The Hall–Kier alpha value is -0.720. The fourth-order valence-electron chi connectivity index (χ4n) is 0.222. The fraction of sp³-hybridized carbons (Fsp3) is 0.333. The number of nitrogens with zero attached hydrogens (tertiary/aromatic N) is 1. The topological polar surface area (TPSA) is 3.24 Å². The van der Waals surface area contributed by atoms with E-state index in [0.717, 1.165) is 0 Å². The van der Waals surface area contributed by atoms with Crippen LogP contribution in [-0.4, -0.2) is 19.0 Å².